The Morgan fingerprint density at radius 1 is 1.37 bits per heavy atom. The molecule has 1 aliphatic rings. The number of anilines is 1. The summed E-state index contributed by atoms with van der Waals surface area (Å²) in [6.07, 6.45) is 9.54. The molecule has 0 spiro atoms. The number of aryl methyl sites for hydroxylation is 1. The van der Waals surface area contributed by atoms with Crippen molar-refractivity contribution in [3.8, 4) is 0 Å². The number of allylic oxidation sites excluding steroid dienone is 1. The number of nitrogens with two attached hydrogens (primary N) is 1. The molecule has 4 atom stereocenters. The molecular formula is C23H33FN3O2P. The van der Waals surface area contributed by atoms with Gasteiger partial charge in [0.15, 0.2) is 0 Å². The topological polar surface area (TPSA) is 81.3 Å². The fourth-order valence-electron chi connectivity index (χ4n) is 3.34. The molecule has 1 aromatic heterocycles. The van der Waals surface area contributed by atoms with Crippen LogP contribution in [0.2, 0.25) is 0 Å². The van der Waals surface area contributed by atoms with Crippen molar-refractivity contribution in [1.82, 2.24) is 9.97 Å². The van der Waals surface area contributed by atoms with Crippen LogP contribution in [0.25, 0.3) is 6.08 Å². The zero-order chi connectivity index (χ0) is 22.3. The smallest absolute Gasteiger partial charge is 0.134 e. The standard InChI is InChI=1S/C13H18FO2P.C10H15N3/c1-8-3-6-12(16-8)13(2,15)9-4-5-10(14)11(17)7-9;1-3-4-5-6-9-8(2)12-7-13-10(9)11/h4-5,7-8,12,15H,3,6,17H2,1-2H3;5-7H,3-4H2,1-2H3,(H2,11,12,13)/b;6-5-/t8?,12?,13-;/m1./s1. The van der Waals surface area contributed by atoms with Crippen LogP contribution >= 0.6 is 9.24 Å². The Morgan fingerprint density at radius 2 is 2.10 bits per heavy atom. The molecule has 1 aromatic carbocycles. The Bertz CT molecular complexity index is 853. The first-order chi connectivity index (χ1) is 14.2. The van der Waals surface area contributed by atoms with Gasteiger partial charge in [-0.05, 0) is 57.7 Å². The van der Waals surface area contributed by atoms with Crippen molar-refractivity contribution in [1.29, 1.82) is 0 Å². The summed E-state index contributed by atoms with van der Waals surface area (Å²) in [5.74, 6) is 0.273. The number of nitrogens with zero attached hydrogens (tertiary/aromatic N) is 2. The maximum absolute atomic E-state index is 13.2. The highest BCUT2D eigenvalue weighted by Gasteiger charge is 2.39. The Kier molecular flexibility index (Phi) is 8.90. The van der Waals surface area contributed by atoms with Gasteiger partial charge in [-0.15, -0.1) is 9.24 Å². The van der Waals surface area contributed by atoms with Crippen molar-refractivity contribution in [2.45, 2.75) is 71.2 Å². The van der Waals surface area contributed by atoms with Gasteiger partial charge >= 0.3 is 0 Å². The van der Waals surface area contributed by atoms with Gasteiger partial charge in [0, 0.05) is 10.9 Å². The molecule has 30 heavy (non-hydrogen) atoms. The average Bonchev–Trinajstić information content (AvgIpc) is 3.14. The number of benzene rings is 1. The number of nitrogen functional groups attached to an aromatic ring is 1. The van der Waals surface area contributed by atoms with Gasteiger partial charge in [0.1, 0.15) is 23.6 Å². The van der Waals surface area contributed by atoms with Crippen LogP contribution in [0.15, 0.2) is 30.6 Å². The molecule has 0 amide bonds. The van der Waals surface area contributed by atoms with E-state index in [1.807, 2.05) is 19.9 Å². The minimum absolute atomic E-state index is 0.183. The van der Waals surface area contributed by atoms with Crippen molar-refractivity contribution < 1.29 is 14.2 Å². The summed E-state index contributed by atoms with van der Waals surface area (Å²) in [6.45, 7) is 7.81. The second kappa shape index (κ2) is 10.9. The lowest BCUT2D eigenvalue weighted by Gasteiger charge is -2.30. The first-order valence-electron chi connectivity index (χ1n) is 10.3. The average molecular weight is 434 g/mol. The van der Waals surface area contributed by atoms with Gasteiger partial charge < -0.3 is 15.6 Å². The monoisotopic (exact) mass is 433 g/mol. The van der Waals surface area contributed by atoms with Gasteiger partial charge in [0.2, 0.25) is 0 Å². The van der Waals surface area contributed by atoms with Crippen LogP contribution in [0.4, 0.5) is 10.2 Å². The van der Waals surface area contributed by atoms with Crippen LogP contribution in [-0.2, 0) is 10.3 Å². The van der Waals surface area contributed by atoms with E-state index in [0.29, 0.717) is 16.7 Å². The number of hydrogen-bond donors (Lipinski definition) is 2. The van der Waals surface area contributed by atoms with E-state index in [2.05, 4.69) is 32.2 Å². The lowest BCUT2D eigenvalue weighted by atomic mass is 9.88. The molecule has 3 unspecified atom stereocenters. The lowest BCUT2D eigenvalue weighted by Crippen LogP contribution is -2.37. The Labute approximate surface area is 181 Å². The van der Waals surface area contributed by atoms with Gasteiger partial charge in [-0.25, -0.2) is 14.4 Å². The number of aliphatic hydroxyl groups is 1. The molecule has 7 heteroatoms. The van der Waals surface area contributed by atoms with Gasteiger partial charge in [0.25, 0.3) is 0 Å². The molecule has 1 fully saturated rings. The van der Waals surface area contributed by atoms with Crippen LogP contribution in [0.3, 0.4) is 0 Å². The Balaban J connectivity index is 0.000000222. The van der Waals surface area contributed by atoms with Gasteiger partial charge in [-0.3, -0.25) is 0 Å². The van der Waals surface area contributed by atoms with Crippen LogP contribution < -0.4 is 11.0 Å². The predicted octanol–water partition coefficient (Wildman–Crippen LogP) is 4.28. The molecule has 2 aromatic rings. The van der Waals surface area contributed by atoms with Crippen molar-refractivity contribution in [2.24, 2.45) is 0 Å². The van der Waals surface area contributed by atoms with Gasteiger partial charge in [-0.1, -0.05) is 31.6 Å². The highest BCUT2D eigenvalue weighted by molar-refractivity contribution is 7.27. The van der Waals surface area contributed by atoms with Crippen molar-refractivity contribution >= 4 is 26.4 Å². The third-order valence-corrected chi connectivity index (χ3v) is 5.74. The van der Waals surface area contributed by atoms with Gasteiger partial charge in [-0.2, -0.15) is 0 Å². The van der Waals surface area contributed by atoms with E-state index in [9.17, 15) is 9.50 Å². The summed E-state index contributed by atoms with van der Waals surface area (Å²) in [6, 6.07) is 4.66. The van der Waals surface area contributed by atoms with Crippen molar-refractivity contribution in [3.63, 3.8) is 0 Å². The molecule has 0 saturated carbocycles. The molecular weight excluding hydrogens is 400 g/mol. The lowest BCUT2D eigenvalue weighted by molar-refractivity contribution is -0.0943. The number of aromatic nitrogens is 2. The highest BCUT2D eigenvalue weighted by atomic mass is 31.0. The third kappa shape index (κ3) is 6.31. The SMILES string of the molecule is CC1CCC([C@](C)(O)c2ccc(F)c(P)c2)O1.CCC/C=C\c1c(C)ncnc1N. The molecule has 3 rings (SSSR count). The van der Waals surface area contributed by atoms with Crippen molar-refractivity contribution in [3.05, 3.63) is 53.2 Å². The largest absolute Gasteiger partial charge is 0.383 e. The second-order valence-corrected chi connectivity index (χ2v) is 8.47. The summed E-state index contributed by atoms with van der Waals surface area (Å²) < 4.78 is 18.9. The number of rotatable bonds is 5. The number of hydrogen-bond acceptors (Lipinski definition) is 5. The number of ether oxygens (including phenoxy) is 1. The van der Waals surface area contributed by atoms with Crippen LogP contribution in [0.5, 0.6) is 0 Å². The fourth-order valence-corrected chi connectivity index (χ4v) is 3.61. The summed E-state index contributed by atoms with van der Waals surface area (Å²) in [4.78, 5) is 8.01. The molecule has 2 heterocycles. The zero-order valence-corrected chi connectivity index (χ0v) is 19.4. The number of halogens is 1. The predicted molar refractivity (Wildman–Crippen MR) is 124 cm³/mol. The fraction of sp³-hybridized carbons (Fsp3) is 0.478. The van der Waals surface area contributed by atoms with E-state index in [-0.39, 0.29) is 18.0 Å². The highest BCUT2D eigenvalue weighted by Crippen LogP contribution is 2.34. The zero-order valence-electron chi connectivity index (χ0n) is 18.2. The quantitative estimate of drug-likeness (QED) is 0.688. The molecule has 164 valence electrons. The molecule has 0 bridgehead atoms. The van der Waals surface area contributed by atoms with E-state index in [4.69, 9.17) is 10.5 Å². The van der Waals surface area contributed by atoms with Crippen LogP contribution in [-0.4, -0.2) is 27.3 Å². The first kappa shape index (κ1) is 24.4. The Morgan fingerprint density at radius 3 is 2.67 bits per heavy atom. The minimum atomic E-state index is -1.07. The summed E-state index contributed by atoms with van der Waals surface area (Å²) in [5, 5.41) is 11.0. The molecule has 0 radical (unpaired) electrons. The van der Waals surface area contributed by atoms with Crippen molar-refractivity contribution in [2.75, 3.05) is 5.73 Å². The molecule has 5 nitrogen and oxygen atoms in total. The van der Waals surface area contributed by atoms with Gasteiger partial charge in [0.05, 0.1) is 17.9 Å². The normalized spacial score (nSPS) is 20.6. The van der Waals surface area contributed by atoms with E-state index in [1.165, 1.54) is 12.4 Å². The van der Waals surface area contributed by atoms with E-state index < -0.39 is 5.60 Å². The maximum atomic E-state index is 13.2. The molecule has 1 aliphatic heterocycles. The molecule has 3 N–H and O–H groups in total. The summed E-state index contributed by atoms with van der Waals surface area (Å²) in [5.41, 5.74) is 7.20. The van der Waals surface area contributed by atoms with E-state index >= 15 is 0 Å². The van der Waals surface area contributed by atoms with Crippen LogP contribution in [0, 0.1) is 12.7 Å². The third-order valence-electron chi connectivity index (χ3n) is 5.29. The molecule has 1 saturated heterocycles. The Hall–Kier alpha value is -1.88. The van der Waals surface area contributed by atoms with E-state index in [0.717, 1.165) is 36.9 Å². The minimum Gasteiger partial charge on any atom is -0.383 e. The number of unbranched alkanes of at least 4 members (excludes halogenated alkanes) is 1. The maximum Gasteiger partial charge on any atom is 0.134 e. The van der Waals surface area contributed by atoms with E-state index in [1.54, 1.807) is 19.1 Å². The summed E-state index contributed by atoms with van der Waals surface area (Å²) >= 11 is 0. The molecule has 0 aliphatic carbocycles. The van der Waals surface area contributed by atoms with Crippen LogP contribution in [0.1, 0.15) is 63.3 Å². The second-order valence-electron chi connectivity index (χ2n) is 7.85. The first-order valence-corrected chi connectivity index (χ1v) is 10.9. The summed E-state index contributed by atoms with van der Waals surface area (Å²) in [7, 11) is 2.34.